The summed E-state index contributed by atoms with van der Waals surface area (Å²) in [6.07, 6.45) is 5.21. The van der Waals surface area contributed by atoms with Crippen molar-refractivity contribution in [2.45, 2.75) is 51.1 Å². The van der Waals surface area contributed by atoms with Crippen LogP contribution in [-0.4, -0.2) is 20.7 Å². The summed E-state index contributed by atoms with van der Waals surface area (Å²) in [6.45, 7) is 1.45. The van der Waals surface area contributed by atoms with Gasteiger partial charge in [-0.2, -0.15) is 0 Å². The van der Waals surface area contributed by atoms with Crippen molar-refractivity contribution >= 4 is 5.91 Å². The molecule has 1 atom stereocenters. The second-order valence-electron chi connectivity index (χ2n) is 6.15. The van der Waals surface area contributed by atoms with Gasteiger partial charge in [0, 0.05) is 13.0 Å². The Bertz CT molecular complexity index is 706. The summed E-state index contributed by atoms with van der Waals surface area (Å²) in [5, 5.41) is 11.4. The summed E-state index contributed by atoms with van der Waals surface area (Å²) >= 11 is 0. The molecule has 0 radical (unpaired) electrons. The van der Waals surface area contributed by atoms with Gasteiger partial charge in [-0.1, -0.05) is 24.3 Å². The van der Waals surface area contributed by atoms with Crippen LogP contribution in [0.15, 0.2) is 24.3 Å². The van der Waals surface area contributed by atoms with Crippen LogP contribution in [0.1, 0.15) is 48.0 Å². The number of amides is 1. The molecule has 0 bridgehead atoms. The van der Waals surface area contributed by atoms with Gasteiger partial charge in [-0.05, 0) is 36.8 Å². The molecular weight excluding hydrogens is 276 g/mol. The number of nitrogens with one attached hydrogen (secondary N) is 1. The lowest BCUT2D eigenvalue weighted by Crippen LogP contribution is -2.31. The Hall–Kier alpha value is -2.17. The normalized spacial score (nSPS) is 19.5. The average molecular weight is 296 g/mol. The van der Waals surface area contributed by atoms with Gasteiger partial charge < -0.3 is 9.88 Å². The van der Waals surface area contributed by atoms with E-state index in [9.17, 15) is 4.79 Å². The summed E-state index contributed by atoms with van der Waals surface area (Å²) in [7, 11) is 0. The molecule has 2 heterocycles. The Morgan fingerprint density at radius 3 is 3.09 bits per heavy atom. The average Bonchev–Trinajstić information content (AvgIpc) is 3.16. The number of rotatable bonds is 3. The number of aromatic nitrogens is 3. The fourth-order valence-electron chi connectivity index (χ4n) is 3.66. The summed E-state index contributed by atoms with van der Waals surface area (Å²) in [4.78, 5) is 12.6. The standard InChI is InChI=1S/C17H20N4O/c22-17(14-8-3-6-12-5-1-2-7-13(12)14)18-11-16-20-19-15-9-4-10-21(15)16/h1-2,5,7,14H,3-4,6,8-11H2,(H,18,22). The van der Waals surface area contributed by atoms with Crippen LogP contribution in [0.4, 0.5) is 0 Å². The van der Waals surface area contributed by atoms with Crippen LogP contribution in [-0.2, 0) is 30.7 Å². The van der Waals surface area contributed by atoms with Gasteiger partial charge in [-0.3, -0.25) is 4.79 Å². The lowest BCUT2D eigenvalue weighted by Gasteiger charge is -2.24. The lowest BCUT2D eigenvalue weighted by molar-refractivity contribution is -0.123. The minimum atomic E-state index is -0.0223. The van der Waals surface area contributed by atoms with Gasteiger partial charge in [0.15, 0.2) is 5.82 Å². The third-order valence-corrected chi connectivity index (χ3v) is 4.79. The first-order valence-electron chi connectivity index (χ1n) is 8.09. The molecule has 5 nitrogen and oxygen atoms in total. The van der Waals surface area contributed by atoms with Crippen molar-refractivity contribution in [3.05, 3.63) is 47.0 Å². The molecule has 0 saturated carbocycles. The molecule has 1 aromatic carbocycles. The molecule has 0 saturated heterocycles. The molecule has 1 aliphatic carbocycles. The fourth-order valence-corrected chi connectivity index (χ4v) is 3.66. The molecule has 5 heteroatoms. The predicted molar refractivity (Wildman–Crippen MR) is 82.3 cm³/mol. The molecule has 1 amide bonds. The first kappa shape index (κ1) is 13.5. The molecule has 2 aromatic rings. The number of nitrogens with zero attached hydrogens (tertiary/aromatic N) is 3. The van der Waals surface area contributed by atoms with E-state index in [1.807, 2.05) is 6.07 Å². The lowest BCUT2D eigenvalue weighted by atomic mass is 9.82. The molecule has 1 unspecified atom stereocenters. The maximum absolute atomic E-state index is 12.6. The van der Waals surface area contributed by atoms with E-state index in [2.05, 4.69) is 38.3 Å². The SMILES string of the molecule is O=C(NCc1nnc2n1CCC2)C1CCCc2ccccc21. The molecule has 0 fully saturated rings. The van der Waals surface area contributed by atoms with Crippen LogP contribution >= 0.6 is 0 Å². The van der Waals surface area contributed by atoms with Crippen LogP contribution in [0.3, 0.4) is 0 Å². The second kappa shape index (κ2) is 5.55. The molecule has 1 aromatic heterocycles. The Labute approximate surface area is 129 Å². The number of fused-ring (bicyclic) bond motifs is 2. The Morgan fingerprint density at radius 2 is 2.14 bits per heavy atom. The highest BCUT2D eigenvalue weighted by molar-refractivity contribution is 5.84. The maximum Gasteiger partial charge on any atom is 0.227 e. The first-order valence-corrected chi connectivity index (χ1v) is 8.09. The highest BCUT2D eigenvalue weighted by atomic mass is 16.1. The van der Waals surface area contributed by atoms with Crippen LogP contribution < -0.4 is 5.32 Å². The third-order valence-electron chi connectivity index (χ3n) is 4.79. The van der Waals surface area contributed by atoms with Gasteiger partial charge in [0.25, 0.3) is 0 Å². The van der Waals surface area contributed by atoms with E-state index in [0.717, 1.165) is 50.3 Å². The fraction of sp³-hybridized carbons (Fsp3) is 0.471. The molecule has 2 aliphatic rings. The minimum absolute atomic E-state index is 0.0223. The van der Waals surface area contributed by atoms with Gasteiger partial charge in [0.1, 0.15) is 5.82 Å². The van der Waals surface area contributed by atoms with E-state index in [1.54, 1.807) is 0 Å². The van der Waals surface area contributed by atoms with E-state index in [4.69, 9.17) is 0 Å². The summed E-state index contributed by atoms with van der Waals surface area (Å²) in [5.74, 6) is 2.02. The van der Waals surface area contributed by atoms with Crippen LogP contribution in [0, 0.1) is 0 Å². The van der Waals surface area contributed by atoms with Crippen molar-refractivity contribution in [1.82, 2.24) is 20.1 Å². The number of carbonyl (C=O) groups excluding carboxylic acids is 1. The zero-order valence-electron chi connectivity index (χ0n) is 12.6. The van der Waals surface area contributed by atoms with E-state index in [-0.39, 0.29) is 11.8 Å². The van der Waals surface area contributed by atoms with Crippen molar-refractivity contribution < 1.29 is 4.79 Å². The van der Waals surface area contributed by atoms with E-state index >= 15 is 0 Å². The first-order chi connectivity index (χ1) is 10.8. The van der Waals surface area contributed by atoms with E-state index in [1.165, 1.54) is 11.1 Å². The van der Waals surface area contributed by atoms with Crippen LogP contribution in [0.5, 0.6) is 0 Å². The smallest absolute Gasteiger partial charge is 0.227 e. The van der Waals surface area contributed by atoms with Gasteiger partial charge in [0.2, 0.25) is 5.91 Å². The minimum Gasteiger partial charge on any atom is -0.348 e. The third kappa shape index (κ3) is 2.30. The van der Waals surface area contributed by atoms with Crippen molar-refractivity contribution in [3.63, 3.8) is 0 Å². The number of carbonyl (C=O) groups is 1. The van der Waals surface area contributed by atoms with Gasteiger partial charge >= 0.3 is 0 Å². The van der Waals surface area contributed by atoms with Crippen molar-refractivity contribution in [1.29, 1.82) is 0 Å². The van der Waals surface area contributed by atoms with Crippen LogP contribution in [0.2, 0.25) is 0 Å². The zero-order chi connectivity index (χ0) is 14.9. The molecule has 1 aliphatic heterocycles. The largest absolute Gasteiger partial charge is 0.348 e. The zero-order valence-corrected chi connectivity index (χ0v) is 12.6. The second-order valence-corrected chi connectivity index (χ2v) is 6.15. The molecule has 0 spiro atoms. The van der Waals surface area contributed by atoms with Crippen molar-refractivity contribution in [2.24, 2.45) is 0 Å². The monoisotopic (exact) mass is 296 g/mol. The summed E-state index contributed by atoms with van der Waals surface area (Å²) in [5.41, 5.74) is 2.51. The van der Waals surface area contributed by atoms with Crippen molar-refractivity contribution in [3.8, 4) is 0 Å². The predicted octanol–water partition coefficient (Wildman–Crippen LogP) is 1.96. The Kier molecular flexibility index (Phi) is 3.41. The highest BCUT2D eigenvalue weighted by Crippen LogP contribution is 2.31. The number of hydrogen-bond donors (Lipinski definition) is 1. The van der Waals surface area contributed by atoms with Gasteiger partial charge in [-0.25, -0.2) is 0 Å². The number of hydrogen-bond acceptors (Lipinski definition) is 3. The molecular formula is C17H20N4O. The highest BCUT2D eigenvalue weighted by Gasteiger charge is 2.26. The topological polar surface area (TPSA) is 59.8 Å². The molecule has 114 valence electrons. The summed E-state index contributed by atoms with van der Waals surface area (Å²) in [6, 6.07) is 8.31. The maximum atomic E-state index is 12.6. The number of aryl methyl sites for hydroxylation is 2. The summed E-state index contributed by atoms with van der Waals surface area (Å²) < 4.78 is 2.13. The Morgan fingerprint density at radius 1 is 1.23 bits per heavy atom. The van der Waals surface area contributed by atoms with E-state index in [0.29, 0.717) is 6.54 Å². The van der Waals surface area contributed by atoms with Gasteiger partial charge in [0.05, 0.1) is 12.5 Å². The van der Waals surface area contributed by atoms with Crippen molar-refractivity contribution in [2.75, 3.05) is 0 Å². The Balaban J connectivity index is 1.47. The molecule has 4 rings (SSSR count). The molecule has 22 heavy (non-hydrogen) atoms. The van der Waals surface area contributed by atoms with Gasteiger partial charge in [-0.15, -0.1) is 10.2 Å². The van der Waals surface area contributed by atoms with E-state index < -0.39 is 0 Å². The molecule has 1 N–H and O–H groups in total. The van der Waals surface area contributed by atoms with Crippen LogP contribution in [0.25, 0.3) is 0 Å². The quantitative estimate of drug-likeness (QED) is 0.942. The number of benzene rings is 1.